The van der Waals surface area contributed by atoms with Gasteiger partial charge in [-0.1, -0.05) is 25.9 Å². The Balaban J connectivity index is 5.04. The van der Waals surface area contributed by atoms with Gasteiger partial charge in [0.2, 0.25) is 0 Å². The van der Waals surface area contributed by atoms with E-state index >= 15 is 0 Å². The molecule has 0 fully saturated rings. The third-order valence-electron chi connectivity index (χ3n) is 2.04. The van der Waals surface area contributed by atoms with E-state index in [9.17, 15) is 9.59 Å². The maximum absolute atomic E-state index is 11.0. The summed E-state index contributed by atoms with van der Waals surface area (Å²) in [4.78, 5) is 26.7. The molecule has 1 N–H and O–H groups in total. The van der Waals surface area contributed by atoms with Crippen molar-refractivity contribution in [3.8, 4) is 0 Å². The molecule has 0 radical (unpaired) electrons. The summed E-state index contributed by atoms with van der Waals surface area (Å²) in [6.45, 7) is 5.35. The molecule has 0 spiro atoms. The molecule has 1 amide bonds. The summed E-state index contributed by atoms with van der Waals surface area (Å²) in [5.74, 6) is 0. The molecule has 0 heterocycles. The number of aldehydes is 1. The number of hydroxylamine groups is 1. The van der Waals surface area contributed by atoms with E-state index in [0.29, 0.717) is 6.29 Å². The van der Waals surface area contributed by atoms with Crippen molar-refractivity contribution in [3.63, 3.8) is 0 Å². The van der Waals surface area contributed by atoms with Gasteiger partial charge < -0.3 is 9.90 Å². The summed E-state index contributed by atoms with van der Waals surface area (Å²) in [5, 5.41) is 10.9. The van der Waals surface area contributed by atoms with Crippen LogP contribution >= 0.6 is 0 Å². The highest BCUT2D eigenvalue weighted by Gasteiger charge is 2.36. The molecule has 0 aromatic heterocycles. The second-order valence-corrected chi connectivity index (χ2v) is 4.22. The average Bonchev–Trinajstić information content (AvgIpc) is 2.09. The molecule has 0 rings (SSSR count). The van der Waals surface area contributed by atoms with Crippen LogP contribution in [0.2, 0.25) is 0 Å². The smallest absolute Gasteiger partial charge is 0.424 e. The van der Waals surface area contributed by atoms with Gasteiger partial charge in [0.25, 0.3) is 0 Å². The number of hydrazine groups is 1. The molecule has 6 nitrogen and oxygen atoms in total. The van der Waals surface area contributed by atoms with Gasteiger partial charge in [0, 0.05) is 7.05 Å². The fraction of sp³-hybridized carbons (Fsp3) is 0.778. The second-order valence-electron chi connectivity index (χ2n) is 4.22. The zero-order chi connectivity index (χ0) is 12.2. The maximum Gasteiger partial charge on any atom is 0.424 e. The van der Waals surface area contributed by atoms with Crippen LogP contribution in [-0.2, 0) is 9.63 Å². The predicted molar refractivity (Wildman–Crippen MR) is 53.9 cm³/mol. The minimum Gasteiger partial charge on any atom is -0.464 e. The van der Waals surface area contributed by atoms with E-state index in [0.717, 1.165) is 10.2 Å². The first-order valence-electron chi connectivity index (χ1n) is 4.51. The largest absolute Gasteiger partial charge is 0.464 e. The van der Waals surface area contributed by atoms with Crippen LogP contribution in [0.25, 0.3) is 0 Å². The molecule has 1 unspecified atom stereocenters. The van der Waals surface area contributed by atoms with Gasteiger partial charge in [0.1, 0.15) is 12.3 Å². The highest BCUT2D eigenvalue weighted by molar-refractivity contribution is 5.71. The Kier molecular flexibility index (Phi) is 4.70. The lowest BCUT2D eigenvalue weighted by Crippen LogP contribution is -2.55. The Morgan fingerprint density at radius 3 is 2.13 bits per heavy atom. The van der Waals surface area contributed by atoms with Crippen LogP contribution in [0.5, 0.6) is 0 Å². The number of hydrogen-bond acceptors (Lipinski definition) is 4. The number of carboxylic acid groups (broad SMARTS) is 1. The minimum absolute atomic E-state index is 0.493. The van der Waals surface area contributed by atoms with Gasteiger partial charge in [-0.3, -0.25) is 4.84 Å². The van der Waals surface area contributed by atoms with Crippen LogP contribution in [0.1, 0.15) is 20.8 Å². The number of rotatable bonds is 4. The molecular weight excluding hydrogens is 200 g/mol. The molecule has 0 bridgehead atoms. The van der Waals surface area contributed by atoms with Crippen molar-refractivity contribution in [2.45, 2.75) is 26.8 Å². The van der Waals surface area contributed by atoms with Crippen LogP contribution in [0.4, 0.5) is 4.79 Å². The van der Waals surface area contributed by atoms with Crippen LogP contribution < -0.4 is 0 Å². The van der Waals surface area contributed by atoms with E-state index in [1.165, 1.54) is 14.2 Å². The van der Waals surface area contributed by atoms with Crippen molar-refractivity contribution in [2.24, 2.45) is 5.41 Å². The minimum atomic E-state index is -1.23. The van der Waals surface area contributed by atoms with Gasteiger partial charge in [-0.15, -0.1) is 0 Å². The summed E-state index contributed by atoms with van der Waals surface area (Å²) < 4.78 is 0. The van der Waals surface area contributed by atoms with Crippen molar-refractivity contribution in [2.75, 3.05) is 14.2 Å². The Labute approximate surface area is 89.3 Å². The lowest BCUT2D eigenvalue weighted by atomic mass is 9.87. The zero-order valence-electron chi connectivity index (χ0n) is 9.72. The van der Waals surface area contributed by atoms with E-state index in [2.05, 4.69) is 0 Å². The molecule has 6 heteroatoms. The van der Waals surface area contributed by atoms with Crippen molar-refractivity contribution in [1.82, 2.24) is 10.2 Å². The first-order valence-corrected chi connectivity index (χ1v) is 4.51. The normalized spacial score (nSPS) is 13.7. The summed E-state index contributed by atoms with van der Waals surface area (Å²) >= 11 is 0. The van der Waals surface area contributed by atoms with Crippen molar-refractivity contribution >= 4 is 12.4 Å². The number of carbonyl (C=O) groups excluding carboxylic acids is 1. The average molecular weight is 218 g/mol. The highest BCUT2D eigenvalue weighted by atomic mass is 16.7. The zero-order valence-corrected chi connectivity index (χ0v) is 9.72. The first kappa shape index (κ1) is 13.9. The highest BCUT2D eigenvalue weighted by Crippen LogP contribution is 2.23. The molecule has 1 atom stereocenters. The SMILES string of the molecule is CON(C)N(C(=O)O)C(C=O)C(C)(C)C. The van der Waals surface area contributed by atoms with E-state index in [1.807, 2.05) is 0 Å². The topological polar surface area (TPSA) is 70.1 Å². The Hall–Kier alpha value is -1.14. The van der Waals surface area contributed by atoms with E-state index in [4.69, 9.17) is 9.94 Å². The molecule has 0 aliphatic rings. The molecular formula is C9H18N2O4. The molecule has 0 saturated carbocycles. The summed E-state index contributed by atoms with van der Waals surface area (Å²) in [5.41, 5.74) is -0.493. The summed E-state index contributed by atoms with van der Waals surface area (Å²) in [6.07, 6.45) is -0.629. The van der Waals surface area contributed by atoms with E-state index < -0.39 is 17.6 Å². The monoisotopic (exact) mass is 218 g/mol. The van der Waals surface area contributed by atoms with Gasteiger partial charge >= 0.3 is 6.09 Å². The third kappa shape index (κ3) is 3.49. The number of amides is 1. The quantitative estimate of drug-likeness (QED) is 0.562. The van der Waals surface area contributed by atoms with Gasteiger partial charge in [-0.05, 0) is 5.41 Å². The van der Waals surface area contributed by atoms with Crippen molar-refractivity contribution in [3.05, 3.63) is 0 Å². The second kappa shape index (κ2) is 5.09. The van der Waals surface area contributed by atoms with Crippen LogP contribution in [0, 0.1) is 5.41 Å². The first-order chi connectivity index (χ1) is 6.75. The Bertz CT molecular complexity index is 237. The van der Waals surface area contributed by atoms with E-state index in [1.54, 1.807) is 20.8 Å². The predicted octanol–water partition coefficient (Wildman–Crippen LogP) is 0.988. The van der Waals surface area contributed by atoms with Gasteiger partial charge in [0.05, 0.1) is 7.11 Å². The van der Waals surface area contributed by atoms with Crippen LogP contribution in [0.15, 0.2) is 0 Å². The van der Waals surface area contributed by atoms with E-state index in [-0.39, 0.29) is 0 Å². The van der Waals surface area contributed by atoms with Gasteiger partial charge in [-0.2, -0.15) is 0 Å². The lowest BCUT2D eigenvalue weighted by molar-refractivity contribution is -0.249. The van der Waals surface area contributed by atoms with Crippen LogP contribution in [0.3, 0.4) is 0 Å². The fourth-order valence-corrected chi connectivity index (χ4v) is 1.13. The van der Waals surface area contributed by atoms with Gasteiger partial charge in [-0.25, -0.2) is 9.80 Å². The van der Waals surface area contributed by atoms with Crippen molar-refractivity contribution < 1.29 is 19.5 Å². The molecule has 0 aromatic rings. The van der Waals surface area contributed by atoms with Crippen molar-refractivity contribution in [1.29, 1.82) is 0 Å². The fourth-order valence-electron chi connectivity index (χ4n) is 1.13. The number of hydrogen-bond donors (Lipinski definition) is 1. The standard InChI is InChI=1S/C9H18N2O4/c1-9(2,3)7(6-12)11(8(13)14)10(4)15-5/h6-7H,1-5H3,(H,13,14). The molecule has 0 aromatic carbocycles. The maximum atomic E-state index is 11.0. The van der Waals surface area contributed by atoms with Gasteiger partial charge in [0.15, 0.2) is 0 Å². The molecule has 0 saturated heterocycles. The van der Waals surface area contributed by atoms with Crippen LogP contribution in [-0.4, -0.2) is 47.9 Å². The number of nitrogens with zero attached hydrogens (tertiary/aromatic N) is 2. The summed E-state index contributed by atoms with van der Waals surface area (Å²) in [7, 11) is 2.76. The molecule has 88 valence electrons. The molecule has 15 heavy (non-hydrogen) atoms. The molecule has 0 aliphatic heterocycles. The Morgan fingerprint density at radius 2 is 1.93 bits per heavy atom. The lowest BCUT2D eigenvalue weighted by Gasteiger charge is -2.37. The summed E-state index contributed by atoms with van der Waals surface area (Å²) in [6, 6.07) is -0.792. The third-order valence-corrected chi connectivity index (χ3v) is 2.04. The Morgan fingerprint density at radius 1 is 1.47 bits per heavy atom. The number of carbonyl (C=O) groups is 2. The molecule has 0 aliphatic carbocycles.